The van der Waals surface area contributed by atoms with Crippen molar-refractivity contribution in [2.24, 2.45) is 0 Å². The van der Waals surface area contributed by atoms with E-state index < -0.39 is 0 Å². The highest BCUT2D eigenvalue weighted by Crippen LogP contribution is 2.22. The van der Waals surface area contributed by atoms with Gasteiger partial charge in [-0.25, -0.2) is 0 Å². The van der Waals surface area contributed by atoms with Crippen molar-refractivity contribution < 1.29 is 4.79 Å². The van der Waals surface area contributed by atoms with Gasteiger partial charge in [0.2, 0.25) is 5.56 Å². The minimum Gasteiger partial charge on any atom is -0.371 e. The Hall–Kier alpha value is -2.56. The number of hydrogen-bond acceptors (Lipinski definition) is 3. The molecule has 1 saturated heterocycles. The largest absolute Gasteiger partial charge is 0.371 e. The first-order valence-electron chi connectivity index (χ1n) is 7.91. The maximum atomic E-state index is 12.4. The molecule has 1 aliphatic rings. The second kappa shape index (κ2) is 6.69. The lowest BCUT2D eigenvalue weighted by Gasteiger charge is -2.37. The van der Waals surface area contributed by atoms with Crippen LogP contribution in [0.4, 0.5) is 5.69 Å². The standard InChI is InChI=1S/C18H21N3O2/c1-20(15-5-3-2-4-6-15)16-9-11-21(12-10-16)18(23)14-7-8-17(22)19-13-14/h2-8,13,16H,9-12H2,1H3,(H,19,22). The van der Waals surface area contributed by atoms with E-state index in [2.05, 4.69) is 29.1 Å². The van der Waals surface area contributed by atoms with E-state index in [1.54, 1.807) is 6.07 Å². The van der Waals surface area contributed by atoms with E-state index >= 15 is 0 Å². The van der Waals surface area contributed by atoms with Gasteiger partial charge in [-0.15, -0.1) is 0 Å². The number of aromatic nitrogens is 1. The van der Waals surface area contributed by atoms with E-state index in [0.29, 0.717) is 11.6 Å². The SMILES string of the molecule is CN(c1ccccc1)C1CCN(C(=O)c2ccc(=O)[nH]c2)CC1. The van der Waals surface area contributed by atoms with Gasteiger partial charge in [-0.05, 0) is 31.0 Å². The lowest BCUT2D eigenvalue weighted by Crippen LogP contribution is -2.45. The molecule has 5 nitrogen and oxygen atoms in total. The summed E-state index contributed by atoms with van der Waals surface area (Å²) in [6.07, 6.45) is 3.38. The zero-order chi connectivity index (χ0) is 16.2. The molecule has 3 rings (SSSR count). The summed E-state index contributed by atoms with van der Waals surface area (Å²) in [4.78, 5) is 30.2. The second-order valence-corrected chi connectivity index (χ2v) is 5.91. The van der Waals surface area contributed by atoms with Crippen LogP contribution in [0.5, 0.6) is 0 Å². The number of rotatable bonds is 3. The van der Waals surface area contributed by atoms with Gasteiger partial charge in [0.15, 0.2) is 0 Å². The van der Waals surface area contributed by atoms with E-state index in [1.165, 1.54) is 18.0 Å². The van der Waals surface area contributed by atoms with Crippen LogP contribution in [0.15, 0.2) is 53.5 Å². The molecule has 0 radical (unpaired) electrons. The lowest BCUT2D eigenvalue weighted by atomic mass is 10.0. The van der Waals surface area contributed by atoms with Crippen molar-refractivity contribution in [3.05, 3.63) is 64.6 Å². The van der Waals surface area contributed by atoms with Crippen molar-refractivity contribution in [3.8, 4) is 0 Å². The number of hydrogen-bond donors (Lipinski definition) is 1. The molecule has 1 fully saturated rings. The normalized spacial score (nSPS) is 15.4. The molecule has 0 bridgehead atoms. The number of anilines is 1. The molecule has 0 aliphatic carbocycles. The molecule has 1 aromatic heterocycles. The number of pyridine rings is 1. The number of likely N-dealkylation sites (tertiary alicyclic amines) is 1. The van der Waals surface area contributed by atoms with Gasteiger partial charge in [0.05, 0.1) is 5.56 Å². The molecule has 0 saturated carbocycles. The summed E-state index contributed by atoms with van der Waals surface area (Å²) < 4.78 is 0. The Morgan fingerprint density at radius 1 is 1.13 bits per heavy atom. The topological polar surface area (TPSA) is 56.4 Å². The van der Waals surface area contributed by atoms with Crippen LogP contribution >= 0.6 is 0 Å². The summed E-state index contributed by atoms with van der Waals surface area (Å²) >= 11 is 0. The first-order chi connectivity index (χ1) is 11.1. The minimum atomic E-state index is -0.190. The summed E-state index contributed by atoms with van der Waals surface area (Å²) in [6, 6.07) is 13.7. The summed E-state index contributed by atoms with van der Waals surface area (Å²) in [5.41, 5.74) is 1.56. The highest BCUT2D eigenvalue weighted by Gasteiger charge is 2.26. The van der Waals surface area contributed by atoms with Gasteiger partial charge < -0.3 is 14.8 Å². The van der Waals surface area contributed by atoms with Crippen molar-refractivity contribution >= 4 is 11.6 Å². The molecule has 2 heterocycles. The number of H-pyrrole nitrogens is 1. The van der Waals surface area contributed by atoms with Gasteiger partial charge in [-0.3, -0.25) is 9.59 Å². The molecule has 1 aromatic carbocycles. The number of para-hydroxylation sites is 1. The van der Waals surface area contributed by atoms with Crippen molar-refractivity contribution in [1.29, 1.82) is 0 Å². The quantitative estimate of drug-likeness (QED) is 0.944. The number of nitrogens with zero attached hydrogens (tertiary/aromatic N) is 2. The monoisotopic (exact) mass is 311 g/mol. The van der Waals surface area contributed by atoms with Crippen LogP contribution in [0, 0.1) is 0 Å². The molecule has 0 spiro atoms. The predicted molar refractivity (Wildman–Crippen MR) is 90.8 cm³/mol. The molecular weight excluding hydrogens is 290 g/mol. The Balaban J connectivity index is 1.61. The van der Waals surface area contributed by atoms with E-state index in [1.807, 2.05) is 23.1 Å². The molecule has 120 valence electrons. The van der Waals surface area contributed by atoms with Crippen LogP contribution < -0.4 is 10.5 Å². The molecule has 0 unspecified atom stereocenters. The number of nitrogens with one attached hydrogen (secondary N) is 1. The number of carbonyl (C=O) groups excluding carboxylic acids is 1. The van der Waals surface area contributed by atoms with E-state index in [4.69, 9.17) is 0 Å². The van der Waals surface area contributed by atoms with Crippen LogP contribution in [-0.4, -0.2) is 42.0 Å². The fraction of sp³-hybridized carbons (Fsp3) is 0.333. The number of carbonyl (C=O) groups is 1. The molecule has 5 heteroatoms. The highest BCUT2D eigenvalue weighted by molar-refractivity contribution is 5.93. The van der Waals surface area contributed by atoms with Gasteiger partial charge in [0.25, 0.3) is 5.91 Å². The van der Waals surface area contributed by atoms with E-state index in [0.717, 1.165) is 25.9 Å². The first-order valence-corrected chi connectivity index (χ1v) is 7.91. The Morgan fingerprint density at radius 3 is 2.43 bits per heavy atom. The van der Waals surface area contributed by atoms with E-state index in [9.17, 15) is 9.59 Å². The van der Waals surface area contributed by atoms with Gasteiger partial charge in [0.1, 0.15) is 0 Å². The highest BCUT2D eigenvalue weighted by atomic mass is 16.2. The number of amides is 1. The summed E-state index contributed by atoms with van der Waals surface area (Å²) in [6.45, 7) is 1.47. The molecule has 0 atom stereocenters. The Labute approximate surface area is 135 Å². The van der Waals surface area contributed by atoms with Gasteiger partial charge in [0, 0.05) is 44.1 Å². The average Bonchev–Trinajstić information content (AvgIpc) is 2.62. The minimum absolute atomic E-state index is 0.0120. The Bertz CT molecular complexity index is 698. The van der Waals surface area contributed by atoms with Crippen molar-refractivity contribution in [2.45, 2.75) is 18.9 Å². The fourth-order valence-corrected chi connectivity index (χ4v) is 3.06. The molecule has 23 heavy (non-hydrogen) atoms. The van der Waals surface area contributed by atoms with Crippen LogP contribution in [0.25, 0.3) is 0 Å². The Morgan fingerprint density at radius 2 is 1.83 bits per heavy atom. The predicted octanol–water partition coefficient (Wildman–Crippen LogP) is 2.12. The maximum Gasteiger partial charge on any atom is 0.255 e. The molecule has 1 N–H and O–H groups in total. The van der Waals surface area contributed by atoms with Crippen LogP contribution in [0.3, 0.4) is 0 Å². The van der Waals surface area contributed by atoms with Crippen molar-refractivity contribution in [1.82, 2.24) is 9.88 Å². The van der Waals surface area contributed by atoms with Gasteiger partial charge in [-0.1, -0.05) is 18.2 Å². The zero-order valence-corrected chi connectivity index (χ0v) is 13.2. The first kappa shape index (κ1) is 15.3. The third-order valence-corrected chi connectivity index (χ3v) is 4.49. The third-order valence-electron chi connectivity index (χ3n) is 4.49. The second-order valence-electron chi connectivity index (χ2n) is 5.91. The molecule has 1 amide bonds. The lowest BCUT2D eigenvalue weighted by molar-refractivity contribution is 0.0713. The fourth-order valence-electron chi connectivity index (χ4n) is 3.06. The molecule has 1 aliphatic heterocycles. The van der Waals surface area contributed by atoms with Crippen LogP contribution in [0.2, 0.25) is 0 Å². The van der Waals surface area contributed by atoms with Crippen molar-refractivity contribution in [2.75, 3.05) is 25.0 Å². The van der Waals surface area contributed by atoms with E-state index in [-0.39, 0.29) is 11.5 Å². The molecule has 2 aromatic rings. The van der Waals surface area contributed by atoms with Crippen LogP contribution in [-0.2, 0) is 0 Å². The van der Waals surface area contributed by atoms with Crippen molar-refractivity contribution in [3.63, 3.8) is 0 Å². The van der Waals surface area contributed by atoms with Gasteiger partial charge >= 0.3 is 0 Å². The summed E-state index contributed by atoms with van der Waals surface area (Å²) in [5.74, 6) is -0.0120. The number of benzene rings is 1. The van der Waals surface area contributed by atoms with Gasteiger partial charge in [-0.2, -0.15) is 0 Å². The maximum absolute atomic E-state index is 12.4. The number of aromatic amines is 1. The smallest absolute Gasteiger partial charge is 0.255 e. The zero-order valence-electron chi connectivity index (χ0n) is 13.2. The average molecular weight is 311 g/mol. The summed E-state index contributed by atoms with van der Waals surface area (Å²) in [7, 11) is 2.11. The Kier molecular flexibility index (Phi) is 4.46. The number of piperidine rings is 1. The van der Waals surface area contributed by atoms with Crippen LogP contribution in [0.1, 0.15) is 23.2 Å². The summed E-state index contributed by atoms with van der Waals surface area (Å²) in [5, 5.41) is 0. The molecular formula is C18H21N3O2. The third kappa shape index (κ3) is 3.44.